The van der Waals surface area contributed by atoms with E-state index < -0.39 is 0 Å². The van der Waals surface area contributed by atoms with Crippen LogP contribution >= 0.6 is 24.0 Å². The van der Waals surface area contributed by atoms with Crippen LogP contribution in [0.25, 0.3) is 0 Å². The Morgan fingerprint density at radius 1 is 1.04 bits per heavy atom. The molecule has 2 rings (SSSR count). The van der Waals surface area contributed by atoms with Crippen molar-refractivity contribution in [1.29, 1.82) is 0 Å². The quantitative estimate of drug-likeness (QED) is 0.225. The third-order valence-corrected chi connectivity index (χ3v) is 4.76. The predicted molar refractivity (Wildman–Crippen MR) is 115 cm³/mol. The number of carbonyl (C=O) groups excluding carboxylic acids is 1. The van der Waals surface area contributed by atoms with Crippen LogP contribution in [0.3, 0.4) is 0 Å². The fraction of sp³-hybridized carbons (Fsp3) is 0.889. The van der Waals surface area contributed by atoms with Gasteiger partial charge in [-0.3, -0.25) is 9.79 Å². The van der Waals surface area contributed by atoms with Crippen molar-refractivity contribution in [2.45, 2.75) is 51.9 Å². The molecule has 0 bridgehead atoms. The van der Waals surface area contributed by atoms with Gasteiger partial charge in [-0.25, -0.2) is 0 Å². The number of halogens is 1. The summed E-state index contributed by atoms with van der Waals surface area (Å²) in [5.41, 5.74) is 0. The maximum atomic E-state index is 11.6. The van der Waals surface area contributed by atoms with Crippen molar-refractivity contribution in [2.75, 3.05) is 52.4 Å². The molecule has 0 unspecified atom stereocenters. The van der Waals surface area contributed by atoms with E-state index in [1.54, 1.807) is 0 Å². The van der Waals surface area contributed by atoms with Gasteiger partial charge in [0.2, 0.25) is 5.91 Å². The lowest BCUT2D eigenvalue weighted by molar-refractivity contribution is -0.127. The highest BCUT2D eigenvalue weighted by Gasteiger charge is 2.18. The maximum Gasteiger partial charge on any atom is 0.222 e. The van der Waals surface area contributed by atoms with Crippen LogP contribution in [0.2, 0.25) is 0 Å². The Kier molecular flexibility index (Phi) is 12.2. The van der Waals surface area contributed by atoms with Gasteiger partial charge in [0.25, 0.3) is 0 Å². The van der Waals surface area contributed by atoms with Gasteiger partial charge in [0.15, 0.2) is 5.96 Å². The number of likely N-dealkylation sites (tertiary alicyclic amines) is 2. The molecule has 0 radical (unpaired) electrons. The van der Waals surface area contributed by atoms with Crippen molar-refractivity contribution in [3.05, 3.63) is 0 Å². The van der Waals surface area contributed by atoms with Crippen LogP contribution in [0, 0.1) is 0 Å². The summed E-state index contributed by atoms with van der Waals surface area (Å²) in [5, 5.41) is 6.72. The van der Waals surface area contributed by atoms with Crippen LogP contribution in [0.5, 0.6) is 0 Å². The van der Waals surface area contributed by atoms with E-state index in [9.17, 15) is 4.79 Å². The van der Waals surface area contributed by atoms with Gasteiger partial charge in [-0.05, 0) is 65.1 Å². The van der Waals surface area contributed by atoms with Crippen LogP contribution < -0.4 is 10.6 Å². The highest BCUT2D eigenvalue weighted by Crippen LogP contribution is 2.09. The van der Waals surface area contributed by atoms with Gasteiger partial charge in [0.1, 0.15) is 0 Å². The molecule has 0 spiro atoms. The van der Waals surface area contributed by atoms with E-state index in [1.165, 1.54) is 45.3 Å². The predicted octanol–water partition coefficient (Wildman–Crippen LogP) is 2.05. The smallest absolute Gasteiger partial charge is 0.222 e. The second-order valence-electron chi connectivity index (χ2n) is 6.78. The fourth-order valence-electron chi connectivity index (χ4n) is 3.41. The first kappa shape index (κ1) is 22.5. The van der Waals surface area contributed by atoms with Gasteiger partial charge in [-0.2, -0.15) is 0 Å². The molecule has 0 atom stereocenters. The second kappa shape index (κ2) is 13.6. The standard InChI is InChI=1S/C18H35N5O.HI/c1-2-19-18(20-10-3-4-12-22-13-5-6-14-22)21-11-8-16-23-15-7-9-17(23)24;/h2-16H2,1H3,(H2,19,20,21);1H. The summed E-state index contributed by atoms with van der Waals surface area (Å²) in [4.78, 5) is 20.7. The molecule has 0 aromatic rings. The Hall–Kier alpha value is -0.570. The minimum atomic E-state index is 0. The molecule has 2 aliphatic heterocycles. The Morgan fingerprint density at radius 3 is 2.52 bits per heavy atom. The normalized spacial score (nSPS) is 18.5. The zero-order valence-electron chi connectivity index (χ0n) is 15.8. The lowest BCUT2D eigenvalue weighted by Gasteiger charge is -2.16. The molecular weight excluding hydrogens is 429 g/mol. The lowest BCUT2D eigenvalue weighted by atomic mass is 10.3. The minimum Gasteiger partial charge on any atom is -0.357 e. The van der Waals surface area contributed by atoms with Crippen LogP contribution in [-0.4, -0.2) is 74.0 Å². The summed E-state index contributed by atoms with van der Waals surface area (Å²) in [7, 11) is 0. The number of hydrogen-bond donors (Lipinski definition) is 2. The number of hydrogen-bond acceptors (Lipinski definition) is 3. The topological polar surface area (TPSA) is 60.0 Å². The summed E-state index contributed by atoms with van der Waals surface area (Å²) < 4.78 is 0. The Balaban J connectivity index is 0.00000312. The van der Waals surface area contributed by atoms with E-state index in [2.05, 4.69) is 27.4 Å². The second-order valence-corrected chi connectivity index (χ2v) is 6.78. The van der Waals surface area contributed by atoms with E-state index >= 15 is 0 Å². The minimum absolute atomic E-state index is 0. The van der Waals surface area contributed by atoms with E-state index in [0.29, 0.717) is 5.91 Å². The van der Waals surface area contributed by atoms with Crippen molar-refractivity contribution in [3.63, 3.8) is 0 Å². The number of aliphatic imine (C=N–C) groups is 1. The van der Waals surface area contributed by atoms with Crippen LogP contribution in [-0.2, 0) is 4.79 Å². The summed E-state index contributed by atoms with van der Waals surface area (Å²) >= 11 is 0. The highest BCUT2D eigenvalue weighted by molar-refractivity contribution is 14.0. The molecule has 2 N–H and O–H groups in total. The van der Waals surface area contributed by atoms with Gasteiger partial charge in [-0.1, -0.05) is 0 Å². The molecule has 146 valence electrons. The maximum absolute atomic E-state index is 11.6. The SMILES string of the molecule is CCNC(=NCCCN1CCCC1=O)NCCCCN1CCCC1.I. The monoisotopic (exact) mass is 465 g/mol. The number of amides is 1. The van der Waals surface area contributed by atoms with Crippen LogP contribution in [0.1, 0.15) is 51.9 Å². The number of guanidine groups is 1. The van der Waals surface area contributed by atoms with Crippen molar-refractivity contribution in [1.82, 2.24) is 20.4 Å². The Labute approximate surface area is 170 Å². The first-order chi connectivity index (χ1) is 11.8. The summed E-state index contributed by atoms with van der Waals surface area (Å²) in [6, 6.07) is 0. The number of unbranched alkanes of at least 4 members (excludes halogenated alkanes) is 1. The highest BCUT2D eigenvalue weighted by atomic mass is 127. The summed E-state index contributed by atoms with van der Waals surface area (Å²) in [6.07, 6.45) is 7.87. The summed E-state index contributed by atoms with van der Waals surface area (Å²) in [5.74, 6) is 1.22. The molecule has 7 heteroatoms. The molecule has 0 aromatic carbocycles. The molecule has 0 aliphatic carbocycles. The van der Waals surface area contributed by atoms with Crippen molar-refractivity contribution in [2.24, 2.45) is 4.99 Å². The number of nitrogens with one attached hydrogen (secondary N) is 2. The lowest BCUT2D eigenvalue weighted by Crippen LogP contribution is -2.38. The fourth-order valence-corrected chi connectivity index (χ4v) is 3.41. The van der Waals surface area contributed by atoms with Crippen molar-refractivity contribution in [3.8, 4) is 0 Å². The molecule has 0 aromatic heterocycles. The largest absolute Gasteiger partial charge is 0.357 e. The first-order valence-electron chi connectivity index (χ1n) is 9.82. The molecule has 2 fully saturated rings. The molecule has 0 saturated carbocycles. The van der Waals surface area contributed by atoms with Crippen molar-refractivity contribution >= 4 is 35.8 Å². The molecule has 6 nitrogen and oxygen atoms in total. The van der Waals surface area contributed by atoms with Crippen molar-refractivity contribution < 1.29 is 4.79 Å². The number of carbonyl (C=O) groups is 1. The Morgan fingerprint density at radius 2 is 1.84 bits per heavy atom. The van der Waals surface area contributed by atoms with E-state index in [1.807, 2.05) is 4.90 Å². The van der Waals surface area contributed by atoms with Crippen LogP contribution in [0.4, 0.5) is 0 Å². The molecule has 25 heavy (non-hydrogen) atoms. The Bertz CT molecular complexity index is 399. The zero-order valence-corrected chi connectivity index (χ0v) is 18.1. The average Bonchev–Trinajstić information content (AvgIpc) is 3.23. The summed E-state index contributed by atoms with van der Waals surface area (Å²) in [6.45, 7) is 10.3. The molecule has 2 aliphatic rings. The molecule has 2 heterocycles. The van der Waals surface area contributed by atoms with Gasteiger partial charge in [0, 0.05) is 39.1 Å². The van der Waals surface area contributed by atoms with Gasteiger partial charge >= 0.3 is 0 Å². The molecule has 2 saturated heterocycles. The third-order valence-electron chi connectivity index (χ3n) is 4.76. The van der Waals surface area contributed by atoms with Gasteiger partial charge in [-0.15, -0.1) is 24.0 Å². The van der Waals surface area contributed by atoms with E-state index in [0.717, 1.165) is 57.9 Å². The van der Waals surface area contributed by atoms with Crippen LogP contribution in [0.15, 0.2) is 4.99 Å². The molecule has 1 amide bonds. The van der Waals surface area contributed by atoms with E-state index in [-0.39, 0.29) is 24.0 Å². The molecular formula is C18H36IN5O. The average molecular weight is 465 g/mol. The van der Waals surface area contributed by atoms with Gasteiger partial charge < -0.3 is 20.4 Å². The number of rotatable bonds is 10. The van der Waals surface area contributed by atoms with E-state index in [4.69, 9.17) is 0 Å². The first-order valence-corrected chi connectivity index (χ1v) is 9.82. The third kappa shape index (κ3) is 9.08. The zero-order chi connectivity index (χ0) is 17.0. The van der Waals surface area contributed by atoms with Gasteiger partial charge in [0.05, 0.1) is 0 Å². The number of nitrogens with zero attached hydrogens (tertiary/aromatic N) is 3.